The van der Waals surface area contributed by atoms with Crippen LogP contribution in [0.5, 0.6) is 5.75 Å². The lowest BCUT2D eigenvalue weighted by Gasteiger charge is -2.35. The zero-order valence-electron chi connectivity index (χ0n) is 16.5. The lowest BCUT2D eigenvalue weighted by molar-refractivity contribution is -0.132. The van der Waals surface area contributed by atoms with E-state index in [9.17, 15) is 14.4 Å². The summed E-state index contributed by atoms with van der Waals surface area (Å²) in [6.07, 6.45) is 11.4. The minimum absolute atomic E-state index is 0.0569. The summed E-state index contributed by atoms with van der Waals surface area (Å²) in [4.78, 5) is 39.4. The largest absolute Gasteiger partial charge is 0.480 e. The van der Waals surface area contributed by atoms with Gasteiger partial charge >= 0.3 is 6.03 Å². The third-order valence-electron chi connectivity index (χ3n) is 5.60. The number of urea groups is 1. The molecule has 2 aliphatic rings. The third-order valence-corrected chi connectivity index (χ3v) is 5.60. The van der Waals surface area contributed by atoms with Gasteiger partial charge in [0.15, 0.2) is 0 Å². The van der Waals surface area contributed by atoms with Crippen LogP contribution in [0.2, 0.25) is 0 Å². The number of barbiturate groups is 1. The number of hydrogen-bond donors (Lipinski definition) is 1. The molecule has 2 fully saturated rings. The summed E-state index contributed by atoms with van der Waals surface area (Å²) in [5, 5.41) is 4.08. The van der Waals surface area contributed by atoms with E-state index in [2.05, 4.69) is 11.2 Å². The van der Waals surface area contributed by atoms with Gasteiger partial charge in [-0.05, 0) is 35.8 Å². The second-order valence-corrected chi connectivity index (χ2v) is 7.48. The van der Waals surface area contributed by atoms with Gasteiger partial charge in [0.25, 0.3) is 11.8 Å². The average molecular weight is 402 g/mol. The summed E-state index contributed by atoms with van der Waals surface area (Å²) in [6.45, 7) is 0.0569. The number of nitrogens with zero attached hydrogens (tertiary/aromatic N) is 1. The van der Waals surface area contributed by atoms with Crippen LogP contribution in [-0.2, 0) is 9.59 Å². The van der Waals surface area contributed by atoms with Gasteiger partial charge < -0.3 is 4.74 Å². The molecule has 0 atom stereocenters. The van der Waals surface area contributed by atoms with Crippen molar-refractivity contribution in [2.24, 2.45) is 0 Å². The van der Waals surface area contributed by atoms with E-state index in [-0.39, 0.29) is 18.2 Å². The smallest absolute Gasteiger partial charge is 0.331 e. The molecule has 0 radical (unpaired) electrons. The Balaban J connectivity index is 1.80. The quantitative estimate of drug-likeness (QED) is 0.481. The number of fused-ring (bicyclic) bond motifs is 1. The van der Waals surface area contributed by atoms with E-state index in [0.29, 0.717) is 11.3 Å². The Hall–Kier alpha value is -3.59. The monoisotopic (exact) mass is 402 g/mol. The van der Waals surface area contributed by atoms with Gasteiger partial charge in [-0.2, -0.15) is 0 Å². The normalized spacial score (nSPS) is 19.1. The summed E-state index contributed by atoms with van der Waals surface area (Å²) < 4.78 is 5.67. The molecule has 2 aromatic carbocycles. The minimum Gasteiger partial charge on any atom is -0.480 e. The van der Waals surface area contributed by atoms with E-state index >= 15 is 0 Å². The van der Waals surface area contributed by atoms with Crippen molar-refractivity contribution in [2.45, 2.75) is 38.1 Å². The first kappa shape index (κ1) is 19.7. The highest BCUT2D eigenvalue weighted by molar-refractivity contribution is 6.31. The van der Waals surface area contributed by atoms with Crippen molar-refractivity contribution in [3.05, 3.63) is 47.5 Å². The zero-order chi connectivity index (χ0) is 21.1. The molecule has 1 aliphatic carbocycles. The fourth-order valence-electron chi connectivity index (χ4n) is 4.16. The highest BCUT2D eigenvalue weighted by Crippen LogP contribution is 2.32. The number of nitrogens with one attached hydrogen (secondary N) is 1. The Morgan fingerprint density at radius 2 is 1.87 bits per heavy atom. The number of terminal acetylenes is 1. The maximum atomic E-state index is 13.2. The summed E-state index contributed by atoms with van der Waals surface area (Å²) in [5.74, 6) is 1.64. The molecule has 1 aliphatic heterocycles. The second-order valence-electron chi connectivity index (χ2n) is 7.48. The molecule has 1 saturated carbocycles. The van der Waals surface area contributed by atoms with Crippen LogP contribution in [0.3, 0.4) is 0 Å². The number of carbonyl (C=O) groups is 3. The Morgan fingerprint density at radius 1 is 1.10 bits per heavy atom. The van der Waals surface area contributed by atoms with Crippen molar-refractivity contribution in [1.82, 2.24) is 10.2 Å². The summed E-state index contributed by atoms with van der Waals surface area (Å²) in [5.41, 5.74) is 0.502. The lowest BCUT2D eigenvalue weighted by Crippen LogP contribution is -2.58. The van der Waals surface area contributed by atoms with Crippen LogP contribution in [0.15, 0.2) is 42.0 Å². The first-order valence-electron chi connectivity index (χ1n) is 10.1. The zero-order valence-corrected chi connectivity index (χ0v) is 16.5. The van der Waals surface area contributed by atoms with Crippen LogP contribution in [0, 0.1) is 12.3 Å². The maximum absolute atomic E-state index is 13.2. The molecular formula is C24H22N2O4. The summed E-state index contributed by atoms with van der Waals surface area (Å²) >= 11 is 0. The van der Waals surface area contributed by atoms with Crippen LogP contribution in [0.25, 0.3) is 16.8 Å². The number of imide groups is 2. The molecule has 1 N–H and O–H groups in total. The van der Waals surface area contributed by atoms with E-state index in [0.717, 1.165) is 42.9 Å². The lowest BCUT2D eigenvalue weighted by atomic mass is 9.93. The molecule has 6 nitrogen and oxygen atoms in total. The highest BCUT2D eigenvalue weighted by atomic mass is 16.5. The number of rotatable bonds is 4. The average Bonchev–Trinajstić information content (AvgIpc) is 2.76. The first-order valence-corrected chi connectivity index (χ1v) is 10.1. The van der Waals surface area contributed by atoms with Gasteiger partial charge in [0.1, 0.15) is 17.9 Å². The van der Waals surface area contributed by atoms with Crippen molar-refractivity contribution in [2.75, 3.05) is 6.61 Å². The number of carbonyl (C=O) groups excluding carboxylic acids is 3. The Kier molecular flexibility index (Phi) is 5.53. The summed E-state index contributed by atoms with van der Waals surface area (Å²) in [7, 11) is 0. The van der Waals surface area contributed by atoms with E-state index in [1.54, 1.807) is 6.07 Å². The third kappa shape index (κ3) is 3.67. The fourth-order valence-corrected chi connectivity index (χ4v) is 4.16. The molecule has 2 aromatic rings. The molecule has 4 rings (SSSR count). The molecule has 4 amide bonds. The van der Waals surface area contributed by atoms with Crippen molar-refractivity contribution >= 4 is 34.7 Å². The SMILES string of the molecule is C#CCOc1ccc2ccccc2c1C=C1C(=O)NC(=O)N(C2CCCCC2)C1=O. The standard InChI is InChI=1S/C24H22N2O4/c1-2-14-30-21-13-12-16-8-6-7-11-18(16)19(21)15-20-22(27)25-24(29)26(23(20)28)17-9-4-3-5-10-17/h1,6-8,11-13,15,17H,3-5,9-10,14H2,(H,25,27,29). The molecule has 0 bridgehead atoms. The van der Waals surface area contributed by atoms with E-state index in [1.165, 1.54) is 11.0 Å². The van der Waals surface area contributed by atoms with Gasteiger partial charge in [-0.1, -0.05) is 55.5 Å². The van der Waals surface area contributed by atoms with Gasteiger partial charge in [-0.25, -0.2) is 4.79 Å². The molecule has 1 heterocycles. The predicted molar refractivity (Wildman–Crippen MR) is 114 cm³/mol. The van der Waals surface area contributed by atoms with E-state index < -0.39 is 17.8 Å². The van der Waals surface area contributed by atoms with Crippen molar-refractivity contribution < 1.29 is 19.1 Å². The maximum Gasteiger partial charge on any atom is 0.331 e. The molecule has 0 aromatic heterocycles. The van der Waals surface area contributed by atoms with Crippen molar-refractivity contribution in [3.63, 3.8) is 0 Å². The topological polar surface area (TPSA) is 75.7 Å². The van der Waals surface area contributed by atoms with Crippen LogP contribution >= 0.6 is 0 Å². The van der Waals surface area contributed by atoms with Gasteiger partial charge in [0.2, 0.25) is 0 Å². The number of ether oxygens (including phenoxy) is 1. The van der Waals surface area contributed by atoms with Crippen molar-refractivity contribution in [1.29, 1.82) is 0 Å². The highest BCUT2D eigenvalue weighted by Gasteiger charge is 2.40. The Labute approximate surface area is 174 Å². The van der Waals surface area contributed by atoms with Gasteiger partial charge in [-0.3, -0.25) is 19.8 Å². The molecule has 0 spiro atoms. The van der Waals surface area contributed by atoms with Crippen LogP contribution in [0.4, 0.5) is 4.79 Å². The summed E-state index contributed by atoms with van der Waals surface area (Å²) in [6, 6.07) is 10.4. The van der Waals surface area contributed by atoms with Crippen molar-refractivity contribution in [3.8, 4) is 18.1 Å². The number of hydrogen-bond acceptors (Lipinski definition) is 4. The second kappa shape index (κ2) is 8.42. The Bertz CT molecular complexity index is 1090. The van der Waals surface area contributed by atoms with E-state index in [1.807, 2.05) is 30.3 Å². The van der Waals surface area contributed by atoms with Gasteiger partial charge in [0, 0.05) is 11.6 Å². The molecule has 0 unspecified atom stereocenters. The predicted octanol–water partition coefficient (Wildman–Crippen LogP) is 3.65. The Morgan fingerprint density at radius 3 is 2.63 bits per heavy atom. The molecule has 1 saturated heterocycles. The molecule has 30 heavy (non-hydrogen) atoms. The van der Waals surface area contributed by atoms with Crippen LogP contribution in [0.1, 0.15) is 37.7 Å². The fraction of sp³-hybridized carbons (Fsp3) is 0.292. The van der Waals surface area contributed by atoms with Crippen LogP contribution in [-0.4, -0.2) is 35.4 Å². The molecular weight excluding hydrogens is 380 g/mol. The van der Waals surface area contributed by atoms with E-state index in [4.69, 9.17) is 11.2 Å². The minimum atomic E-state index is -0.701. The van der Waals surface area contributed by atoms with Gasteiger partial charge in [0.05, 0.1) is 0 Å². The van der Waals surface area contributed by atoms with Crippen LogP contribution < -0.4 is 10.1 Å². The molecule has 152 valence electrons. The molecule has 6 heteroatoms. The first-order chi connectivity index (χ1) is 14.6. The number of benzene rings is 2. The number of amides is 4. The van der Waals surface area contributed by atoms with Gasteiger partial charge in [-0.15, -0.1) is 6.42 Å².